The molecule has 0 fully saturated rings. The third-order valence-corrected chi connectivity index (χ3v) is 3.24. The van der Waals surface area contributed by atoms with E-state index in [1.54, 1.807) is 18.2 Å². The highest BCUT2D eigenvalue weighted by atomic mass is 35.5. The molecule has 0 aliphatic carbocycles. The molecule has 0 amide bonds. The second-order valence-electron chi connectivity index (χ2n) is 3.53. The summed E-state index contributed by atoms with van der Waals surface area (Å²) in [7, 11) is 0. The molecular formula is C13H8Cl3FO. The molecular weight excluding hydrogens is 297 g/mol. The molecule has 0 spiro atoms. The predicted octanol–water partition coefficient (Wildman–Crippen LogP) is 5.66. The van der Waals surface area contributed by atoms with E-state index in [0.29, 0.717) is 22.1 Å². The standard InChI is InChI=1S/C13H8Cl3FO/c14-7-9-10(15)2-1-3-12(9)18-13-5-4-8(17)6-11(13)16/h1-6H,7H2. The van der Waals surface area contributed by atoms with Crippen LogP contribution in [0.15, 0.2) is 36.4 Å². The molecule has 0 saturated carbocycles. The maximum Gasteiger partial charge on any atom is 0.146 e. The highest BCUT2D eigenvalue weighted by Gasteiger charge is 2.10. The van der Waals surface area contributed by atoms with Crippen molar-refractivity contribution < 1.29 is 9.13 Å². The Balaban J connectivity index is 2.37. The van der Waals surface area contributed by atoms with Gasteiger partial charge in [-0.3, -0.25) is 0 Å². The highest BCUT2D eigenvalue weighted by molar-refractivity contribution is 6.32. The first-order valence-electron chi connectivity index (χ1n) is 5.08. The van der Waals surface area contributed by atoms with Crippen LogP contribution in [0.5, 0.6) is 11.5 Å². The summed E-state index contributed by atoms with van der Waals surface area (Å²) in [6, 6.07) is 9.09. The zero-order valence-corrected chi connectivity index (χ0v) is 11.4. The summed E-state index contributed by atoms with van der Waals surface area (Å²) in [6.45, 7) is 0. The van der Waals surface area contributed by atoms with Crippen LogP contribution in [-0.4, -0.2) is 0 Å². The zero-order chi connectivity index (χ0) is 13.1. The summed E-state index contributed by atoms with van der Waals surface area (Å²) in [5.74, 6) is 0.655. The van der Waals surface area contributed by atoms with Gasteiger partial charge >= 0.3 is 0 Å². The lowest BCUT2D eigenvalue weighted by atomic mass is 10.2. The molecule has 5 heteroatoms. The van der Waals surface area contributed by atoms with Crippen LogP contribution in [0.1, 0.15) is 5.56 Å². The minimum absolute atomic E-state index is 0.190. The van der Waals surface area contributed by atoms with Gasteiger partial charge in [-0.1, -0.05) is 29.3 Å². The molecule has 0 saturated heterocycles. The number of rotatable bonds is 3. The molecule has 94 valence electrons. The Bertz CT molecular complexity index is 572. The minimum Gasteiger partial charge on any atom is -0.455 e. The van der Waals surface area contributed by atoms with Gasteiger partial charge in [0.15, 0.2) is 0 Å². The van der Waals surface area contributed by atoms with Gasteiger partial charge in [-0.15, -0.1) is 11.6 Å². The maximum atomic E-state index is 12.9. The number of benzene rings is 2. The molecule has 2 aromatic carbocycles. The van der Waals surface area contributed by atoms with Crippen molar-refractivity contribution in [3.63, 3.8) is 0 Å². The van der Waals surface area contributed by atoms with Crippen LogP contribution in [0.2, 0.25) is 10.0 Å². The molecule has 0 radical (unpaired) electrons. The maximum absolute atomic E-state index is 12.9. The Morgan fingerprint density at radius 1 is 1.00 bits per heavy atom. The molecule has 0 atom stereocenters. The normalized spacial score (nSPS) is 10.4. The van der Waals surface area contributed by atoms with E-state index in [0.717, 1.165) is 0 Å². The van der Waals surface area contributed by atoms with Crippen LogP contribution in [0.3, 0.4) is 0 Å². The number of hydrogen-bond donors (Lipinski definition) is 0. The number of hydrogen-bond acceptors (Lipinski definition) is 1. The van der Waals surface area contributed by atoms with E-state index in [9.17, 15) is 4.39 Å². The van der Waals surface area contributed by atoms with E-state index >= 15 is 0 Å². The molecule has 0 heterocycles. The van der Waals surface area contributed by atoms with Gasteiger partial charge in [0.2, 0.25) is 0 Å². The van der Waals surface area contributed by atoms with Gasteiger partial charge in [-0.05, 0) is 30.3 Å². The van der Waals surface area contributed by atoms with Gasteiger partial charge in [-0.2, -0.15) is 0 Å². The average molecular weight is 306 g/mol. The van der Waals surface area contributed by atoms with Crippen molar-refractivity contribution in [1.29, 1.82) is 0 Å². The summed E-state index contributed by atoms with van der Waals surface area (Å²) in [5.41, 5.74) is 0.668. The Morgan fingerprint density at radius 2 is 1.78 bits per heavy atom. The molecule has 0 aliphatic heterocycles. The van der Waals surface area contributed by atoms with E-state index < -0.39 is 5.82 Å². The summed E-state index contributed by atoms with van der Waals surface area (Å²) < 4.78 is 18.5. The van der Waals surface area contributed by atoms with E-state index in [1.807, 2.05) is 0 Å². The molecule has 0 unspecified atom stereocenters. The lowest BCUT2D eigenvalue weighted by Gasteiger charge is -2.11. The van der Waals surface area contributed by atoms with Crippen molar-refractivity contribution in [2.75, 3.05) is 0 Å². The van der Waals surface area contributed by atoms with Gasteiger partial charge in [-0.25, -0.2) is 4.39 Å². The quantitative estimate of drug-likeness (QED) is 0.664. The van der Waals surface area contributed by atoms with Crippen LogP contribution < -0.4 is 4.74 Å². The second kappa shape index (κ2) is 5.79. The van der Waals surface area contributed by atoms with Crippen LogP contribution in [0.4, 0.5) is 4.39 Å². The van der Waals surface area contributed by atoms with Gasteiger partial charge < -0.3 is 4.74 Å². The highest BCUT2D eigenvalue weighted by Crippen LogP contribution is 2.34. The monoisotopic (exact) mass is 304 g/mol. The molecule has 0 aromatic heterocycles. The molecule has 1 nitrogen and oxygen atoms in total. The van der Waals surface area contributed by atoms with E-state index in [2.05, 4.69) is 0 Å². The second-order valence-corrected chi connectivity index (χ2v) is 4.61. The van der Waals surface area contributed by atoms with Crippen molar-refractivity contribution in [3.8, 4) is 11.5 Å². The first-order chi connectivity index (χ1) is 8.61. The molecule has 18 heavy (non-hydrogen) atoms. The lowest BCUT2D eigenvalue weighted by molar-refractivity contribution is 0.476. The zero-order valence-electron chi connectivity index (χ0n) is 9.09. The van der Waals surface area contributed by atoms with Gasteiger partial charge in [0, 0.05) is 10.6 Å². The molecule has 2 aromatic rings. The fraction of sp³-hybridized carbons (Fsp3) is 0.0769. The molecule has 0 bridgehead atoms. The SMILES string of the molecule is Fc1ccc(Oc2cccc(Cl)c2CCl)c(Cl)c1. The Kier molecular flexibility index (Phi) is 4.33. The third-order valence-electron chi connectivity index (χ3n) is 2.32. The van der Waals surface area contributed by atoms with E-state index in [-0.39, 0.29) is 10.9 Å². The van der Waals surface area contributed by atoms with Crippen molar-refractivity contribution in [2.24, 2.45) is 0 Å². The topological polar surface area (TPSA) is 9.23 Å². The van der Waals surface area contributed by atoms with Crippen molar-refractivity contribution in [3.05, 3.63) is 57.8 Å². The lowest BCUT2D eigenvalue weighted by Crippen LogP contribution is -1.91. The van der Waals surface area contributed by atoms with E-state index in [1.165, 1.54) is 18.2 Å². The van der Waals surface area contributed by atoms with Crippen LogP contribution in [0.25, 0.3) is 0 Å². The largest absolute Gasteiger partial charge is 0.455 e. The van der Waals surface area contributed by atoms with Crippen LogP contribution in [0, 0.1) is 5.82 Å². The smallest absolute Gasteiger partial charge is 0.146 e. The Morgan fingerprint density at radius 3 is 2.44 bits per heavy atom. The van der Waals surface area contributed by atoms with Crippen molar-refractivity contribution in [1.82, 2.24) is 0 Å². The first-order valence-corrected chi connectivity index (χ1v) is 6.37. The molecule has 0 N–H and O–H groups in total. The van der Waals surface area contributed by atoms with Crippen molar-refractivity contribution in [2.45, 2.75) is 5.88 Å². The fourth-order valence-electron chi connectivity index (χ4n) is 1.44. The Labute approximate surface area is 119 Å². The third kappa shape index (κ3) is 2.89. The average Bonchev–Trinajstić information content (AvgIpc) is 2.33. The van der Waals surface area contributed by atoms with Gasteiger partial charge in [0.05, 0.1) is 10.9 Å². The number of ether oxygens (including phenoxy) is 1. The van der Waals surface area contributed by atoms with Gasteiger partial charge in [0.1, 0.15) is 17.3 Å². The molecule has 0 aliphatic rings. The van der Waals surface area contributed by atoms with E-state index in [4.69, 9.17) is 39.5 Å². The summed E-state index contributed by atoms with van der Waals surface area (Å²) in [6.07, 6.45) is 0. The Hall–Kier alpha value is -0.960. The minimum atomic E-state index is -0.420. The number of halogens is 4. The fourth-order valence-corrected chi connectivity index (χ4v) is 2.22. The predicted molar refractivity (Wildman–Crippen MR) is 72.5 cm³/mol. The molecule has 2 rings (SSSR count). The summed E-state index contributed by atoms with van der Waals surface area (Å²) >= 11 is 17.7. The summed E-state index contributed by atoms with van der Waals surface area (Å²) in [4.78, 5) is 0. The van der Waals surface area contributed by atoms with Gasteiger partial charge in [0.25, 0.3) is 0 Å². The van der Waals surface area contributed by atoms with Crippen molar-refractivity contribution >= 4 is 34.8 Å². The van der Waals surface area contributed by atoms with Crippen LogP contribution in [-0.2, 0) is 5.88 Å². The summed E-state index contributed by atoms with van der Waals surface area (Å²) in [5, 5.41) is 0.705. The first kappa shape index (κ1) is 13.5. The number of alkyl halides is 1. The van der Waals surface area contributed by atoms with Crippen LogP contribution >= 0.6 is 34.8 Å².